The molecule has 1 atom stereocenters. The van der Waals surface area contributed by atoms with Gasteiger partial charge in [-0.3, -0.25) is 14.6 Å². The number of carbonyl (C=O) groups excluding carboxylic acids is 2. The van der Waals surface area contributed by atoms with Crippen LogP contribution in [-0.2, 0) is 16.1 Å². The summed E-state index contributed by atoms with van der Waals surface area (Å²) in [4.78, 5) is 30.5. The number of piperidine rings is 1. The van der Waals surface area contributed by atoms with E-state index in [1.807, 2.05) is 11.0 Å². The summed E-state index contributed by atoms with van der Waals surface area (Å²) < 4.78 is 18.1. The number of rotatable bonds is 3. The van der Waals surface area contributed by atoms with Gasteiger partial charge in [-0.25, -0.2) is 9.18 Å². The zero-order chi connectivity index (χ0) is 18.5. The van der Waals surface area contributed by atoms with E-state index in [2.05, 4.69) is 4.90 Å². The van der Waals surface area contributed by atoms with E-state index in [0.29, 0.717) is 32.6 Å². The van der Waals surface area contributed by atoms with E-state index in [1.165, 1.54) is 13.2 Å². The van der Waals surface area contributed by atoms with E-state index in [1.54, 1.807) is 17.0 Å². The number of halogens is 1. The molecule has 0 N–H and O–H groups in total. The van der Waals surface area contributed by atoms with E-state index in [9.17, 15) is 14.0 Å². The Balaban J connectivity index is 1.55. The fourth-order valence-electron chi connectivity index (χ4n) is 3.75. The van der Waals surface area contributed by atoms with Crippen molar-refractivity contribution in [1.29, 1.82) is 0 Å². The second-order valence-electron chi connectivity index (χ2n) is 6.91. The van der Waals surface area contributed by atoms with Crippen LogP contribution in [0.4, 0.5) is 9.18 Å². The molecule has 0 bridgehead atoms. The van der Waals surface area contributed by atoms with Gasteiger partial charge in [0.05, 0.1) is 7.11 Å². The Hall–Kier alpha value is -2.15. The molecule has 142 valence electrons. The Morgan fingerprint density at radius 3 is 2.62 bits per heavy atom. The van der Waals surface area contributed by atoms with Crippen LogP contribution in [0.2, 0.25) is 0 Å². The molecule has 0 radical (unpaired) electrons. The van der Waals surface area contributed by atoms with Gasteiger partial charge >= 0.3 is 6.09 Å². The number of piperazine rings is 1. The third kappa shape index (κ3) is 4.33. The van der Waals surface area contributed by atoms with Gasteiger partial charge in [0.2, 0.25) is 5.91 Å². The van der Waals surface area contributed by atoms with Gasteiger partial charge in [0.15, 0.2) is 0 Å². The maximum atomic E-state index is 13.3. The molecule has 2 aliphatic heterocycles. The van der Waals surface area contributed by atoms with Gasteiger partial charge in [0.1, 0.15) is 11.9 Å². The van der Waals surface area contributed by atoms with E-state index < -0.39 is 12.1 Å². The minimum atomic E-state index is -0.423. The van der Waals surface area contributed by atoms with Gasteiger partial charge in [0.25, 0.3) is 0 Å². The quantitative estimate of drug-likeness (QED) is 0.825. The Bertz CT molecular complexity index is 647. The molecule has 2 aliphatic rings. The molecule has 2 saturated heterocycles. The SMILES string of the molecule is COC(=O)N1CCCC[C@@H]1C(=O)N1CCN(Cc2cccc(F)c2)CC1. The molecule has 0 saturated carbocycles. The number of likely N-dealkylation sites (tertiary alicyclic amines) is 1. The average molecular weight is 363 g/mol. The number of nitrogens with zero attached hydrogens (tertiary/aromatic N) is 3. The monoisotopic (exact) mass is 363 g/mol. The Morgan fingerprint density at radius 2 is 1.92 bits per heavy atom. The predicted molar refractivity (Wildman–Crippen MR) is 95.0 cm³/mol. The summed E-state index contributed by atoms with van der Waals surface area (Å²) >= 11 is 0. The summed E-state index contributed by atoms with van der Waals surface area (Å²) in [5.74, 6) is -0.211. The maximum Gasteiger partial charge on any atom is 0.410 e. The van der Waals surface area contributed by atoms with Crippen LogP contribution in [0.5, 0.6) is 0 Å². The van der Waals surface area contributed by atoms with Crippen LogP contribution in [0.1, 0.15) is 24.8 Å². The molecule has 2 amide bonds. The molecule has 2 heterocycles. The topological polar surface area (TPSA) is 53.1 Å². The number of hydrogen-bond donors (Lipinski definition) is 0. The van der Waals surface area contributed by atoms with Crippen LogP contribution < -0.4 is 0 Å². The number of ether oxygens (including phenoxy) is 1. The molecule has 26 heavy (non-hydrogen) atoms. The van der Waals surface area contributed by atoms with Crippen molar-refractivity contribution in [3.05, 3.63) is 35.6 Å². The zero-order valence-corrected chi connectivity index (χ0v) is 15.2. The van der Waals surface area contributed by atoms with Crippen LogP contribution in [-0.4, -0.2) is 72.6 Å². The van der Waals surface area contributed by atoms with Crippen molar-refractivity contribution in [3.8, 4) is 0 Å². The molecule has 1 aromatic carbocycles. The summed E-state index contributed by atoms with van der Waals surface area (Å²) in [6.07, 6.45) is 2.12. The third-order valence-corrected chi connectivity index (χ3v) is 5.18. The fraction of sp³-hybridized carbons (Fsp3) is 0.579. The van der Waals surface area contributed by atoms with Crippen LogP contribution in [0.3, 0.4) is 0 Å². The summed E-state index contributed by atoms with van der Waals surface area (Å²) in [7, 11) is 1.35. The van der Waals surface area contributed by atoms with E-state index in [0.717, 1.165) is 31.5 Å². The molecule has 0 unspecified atom stereocenters. The van der Waals surface area contributed by atoms with Crippen LogP contribution in [0.25, 0.3) is 0 Å². The number of carbonyl (C=O) groups is 2. The second kappa shape index (κ2) is 8.49. The van der Waals surface area contributed by atoms with Gasteiger partial charge in [0, 0.05) is 39.3 Å². The normalized spacial score (nSPS) is 21.5. The molecule has 0 aliphatic carbocycles. The van der Waals surface area contributed by atoms with Crippen LogP contribution in [0, 0.1) is 5.82 Å². The van der Waals surface area contributed by atoms with Crippen molar-refractivity contribution in [2.24, 2.45) is 0 Å². The van der Waals surface area contributed by atoms with Gasteiger partial charge in [-0.2, -0.15) is 0 Å². The number of methoxy groups -OCH3 is 1. The predicted octanol–water partition coefficient (Wildman–Crippen LogP) is 2.09. The molecule has 2 fully saturated rings. The maximum absolute atomic E-state index is 13.3. The van der Waals surface area contributed by atoms with Crippen molar-refractivity contribution in [2.75, 3.05) is 39.8 Å². The Kier molecular flexibility index (Phi) is 6.08. The molecular weight excluding hydrogens is 337 g/mol. The smallest absolute Gasteiger partial charge is 0.410 e. The standard InChI is InChI=1S/C19H26FN3O3/c1-26-19(25)23-8-3-2-7-17(23)18(24)22-11-9-21(10-12-22)14-15-5-4-6-16(20)13-15/h4-6,13,17H,2-3,7-12,14H2,1H3/t17-/m1/s1. The van der Waals surface area contributed by atoms with Crippen molar-refractivity contribution in [3.63, 3.8) is 0 Å². The van der Waals surface area contributed by atoms with Gasteiger partial charge in [-0.05, 0) is 37.0 Å². The van der Waals surface area contributed by atoms with Crippen LogP contribution in [0.15, 0.2) is 24.3 Å². The first-order valence-electron chi connectivity index (χ1n) is 9.18. The minimum Gasteiger partial charge on any atom is -0.453 e. The van der Waals surface area contributed by atoms with Crippen molar-refractivity contribution in [1.82, 2.24) is 14.7 Å². The Labute approximate surface area is 153 Å². The summed E-state index contributed by atoms with van der Waals surface area (Å²) in [6, 6.07) is 6.21. The highest BCUT2D eigenvalue weighted by Crippen LogP contribution is 2.21. The third-order valence-electron chi connectivity index (χ3n) is 5.18. The molecule has 7 heteroatoms. The first-order valence-corrected chi connectivity index (χ1v) is 9.18. The molecule has 3 rings (SSSR count). The molecule has 0 spiro atoms. The van der Waals surface area contributed by atoms with Gasteiger partial charge in [-0.15, -0.1) is 0 Å². The lowest BCUT2D eigenvalue weighted by atomic mass is 10.0. The number of hydrogen-bond acceptors (Lipinski definition) is 4. The molecule has 6 nitrogen and oxygen atoms in total. The molecular formula is C19H26FN3O3. The zero-order valence-electron chi connectivity index (χ0n) is 15.2. The van der Waals surface area contributed by atoms with Crippen LogP contribution >= 0.6 is 0 Å². The average Bonchev–Trinajstić information content (AvgIpc) is 2.67. The van der Waals surface area contributed by atoms with E-state index in [4.69, 9.17) is 4.74 Å². The summed E-state index contributed by atoms with van der Waals surface area (Å²) in [5, 5.41) is 0. The molecule has 1 aromatic rings. The highest BCUT2D eigenvalue weighted by atomic mass is 19.1. The number of amides is 2. The summed E-state index contributed by atoms with van der Waals surface area (Å²) in [5.41, 5.74) is 0.939. The largest absolute Gasteiger partial charge is 0.453 e. The first-order chi connectivity index (χ1) is 12.6. The van der Waals surface area contributed by atoms with E-state index >= 15 is 0 Å². The summed E-state index contributed by atoms with van der Waals surface area (Å²) in [6.45, 7) is 3.99. The lowest BCUT2D eigenvalue weighted by molar-refractivity contribution is -0.139. The highest BCUT2D eigenvalue weighted by Gasteiger charge is 2.36. The lowest BCUT2D eigenvalue weighted by Crippen LogP contribution is -2.57. The number of benzene rings is 1. The van der Waals surface area contributed by atoms with E-state index in [-0.39, 0.29) is 11.7 Å². The second-order valence-corrected chi connectivity index (χ2v) is 6.91. The van der Waals surface area contributed by atoms with Crippen molar-refractivity contribution < 1.29 is 18.7 Å². The Morgan fingerprint density at radius 1 is 1.15 bits per heavy atom. The fourth-order valence-corrected chi connectivity index (χ4v) is 3.75. The van der Waals surface area contributed by atoms with Crippen molar-refractivity contribution in [2.45, 2.75) is 31.8 Å². The minimum absolute atomic E-state index is 0.0144. The first kappa shape index (κ1) is 18.6. The lowest BCUT2D eigenvalue weighted by Gasteiger charge is -2.40. The highest BCUT2D eigenvalue weighted by molar-refractivity contribution is 5.86. The van der Waals surface area contributed by atoms with Crippen molar-refractivity contribution >= 4 is 12.0 Å². The van der Waals surface area contributed by atoms with Gasteiger partial charge < -0.3 is 9.64 Å². The van der Waals surface area contributed by atoms with Gasteiger partial charge in [-0.1, -0.05) is 12.1 Å². The molecule has 0 aromatic heterocycles.